The fourth-order valence-corrected chi connectivity index (χ4v) is 3.63. The van der Waals surface area contributed by atoms with E-state index in [4.69, 9.17) is 0 Å². The smallest absolute Gasteiger partial charge is 0.353 e. The topological polar surface area (TPSA) is 36.4 Å². The van der Waals surface area contributed by atoms with Crippen LogP contribution in [0.4, 0.5) is 19.0 Å². The Balaban J connectivity index is 1.60. The number of amides is 1. The SMILES string of the molecule is CC1(C(=O)N2CCN(c3ccc(C(F)(F)F)cn3)CC2)CCCC1. The van der Waals surface area contributed by atoms with Gasteiger partial charge >= 0.3 is 6.18 Å². The van der Waals surface area contributed by atoms with Gasteiger partial charge in [0.1, 0.15) is 5.82 Å². The first-order valence-corrected chi connectivity index (χ1v) is 8.37. The summed E-state index contributed by atoms with van der Waals surface area (Å²) in [7, 11) is 0. The molecule has 2 fully saturated rings. The molecule has 0 atom stereocenters. The maximum absolute atomic E-state index is 12.7. The highest BCUT2D eigenvalue weighted by Gasteiger charge is 2.40. The molecule has 1 amide bonds. The Bertz CT molecular complexity index is 586. The number of carbonyl (C=O) groups excluding carboxylic acids is 1. The number of halogens is 3. The van der Waals surface area contributed by atoms with E-state index in [1.165, 1.54) is 6.07 Å². The van der Waals surface area contributed by atoms with Crippen LogP contribution in [-0.2, 0) is 11.0 Å². The number of anilines is 1. The van der Waals surface area contributed by atoms with Gasteiger partial charge in [-0.2, -0.15) is 13.2 Å². The molecule has 0 aromatic carbocycles. The van der Waals surface area contributed by atoms with Crippen LogP contribution in [-0.4, -0.2) is 42.0 Å². The fraction of sp³-hybridized carbons (Fsp3) is 0.647. The summed E-state index contributed by atoms with van der Waals surface area (Å²) in [4.78, 5) is 20.4. The third kappa shape index (κ3) is 3.35. The van der Waals surface area contributed by atoms with Crippen molar-refractivity contribution in [3.63, 3.8) is 0 Å². The van der Waals surface area contributed by atoms with Gasteiger partial charge in [-0.3, -0.25) is 4.79 Å². The molecule has 2 aliphatic rings. The molecule has 2 heterocycles. The number of hydrogen-bond acceptors (Lipinski definition) is 3. The first-order valence-electron chi connectivity index (χ1n) is 8.37. The van der Waals surface area contributed by atoms with E-state index < -0.39 is 11.7 Å². The van der Waals surface area contributed by atoms with Crippen LogP contribution in [0.25, 0.3) is 0 Å². The zero-order valence-corrected chi connectivity index (χ0v) is 13.8. The van der Waals surface area contributed by atoms with Crippen molar-refractivity contribution in [2.75, 3.05) is 31.1 Å². The van der Waals surface area contributed by atoms with Crippen LogP contribution in [0.15, 0.2) is 18.3 Å². The monoisotopic (exact) mass is 341 g/mol. The van der Waals surface area contributed by atoms with Crippen molar-refractivity contribution >= 4 is 11.7 Å². The number of alkyl halides is 3. The maximum atomic E-state index is 12.7. The van der Waals surface area contributed by atoms with Crippen molar-refractivity contribution in [2.45, 2.75) is 38.8 Å². The second-order valence-electron chi connectivity index (χ2n) is 6.95. The van der Waals surface area contributed by atoms with E-state index in [1.807, 2.05) is 16.7 Å². The second kappa shape index (κ2) is 6.26. The highest BCUT2D eigenvalue weighted by molar-refractivity contribution is 5.83. The van der Waals surface area contributed by atoms with Gasteiger partial charge in [0, 0.05) is 37.8 Å². The average molecular weight is 341 g/mol. The van der Waals surface area contributed by atoms with Gasteiger partial charge in [-0.25, -0.2) is 4.98 Å². The Morgan fingerprint density at radius 1 is 1.12 bits per heavy atom. The number of rotatable bonds is 2. The number of nitrogens with zero attached hydrogens (tertiary/aromatic N) is 3. The van der Waals surface area contributed by atoms with Crippen LogP contribution in [0.2, 0.25) is 0 Å². The van der Waals surface area contributed by atoms with Crippen molar-refractivity contribution in [3.05, 3.63) is 23.9 Å². The number of piperazine rings is 1. The minimum atomic E-state index is -4.37. The Kier molecular flexibility index (Phi) is 4.44. The van der Waals surface area contributed by atoms with E-state index in [1.54, 1.807) is 0 Å². The summed E-state index contributed by atoms with van der Waals surface area (Å²) < 4.78 is 37.8. The summed E-state index contributed by atoms with van der Waals surface area (Å²) in [6, 6.07) is 2.46. The number of pyridine rings is 1. The lowest BCUT2D eigenvalue weighted by Crippen LogP contribution is -2.52. The molecule has 0 N–H and O–H groups in total. The average Bonchev–Trinajstić information content (AvgIpc) is 3.02. The van der Waals surface area contributed by atoms with Gasteiger partial charge in [-0.1, -0.05) is 19.8 Å². The zero-order chi connectivity index (χ0) is 17.4. The molecular formula is C17H22F3N3O. The summed E-state index contributed by atoms with van der Waals surface area (Å²) in [5.74, 6) is 0.752. The summed E-state index contributed by atoms with van der Waals surface area (Å²) in [5, 5.41) is 0. The van der Waals surface area contributed by atoms with E-state index in [9.17, 15) is 18.0 Å². The third-order valence-corrected chi connectivity index (χ3v) is 5.19. The van der Waals surface area contributed by atoms with Gasteiger partial charge in [0.25, 0.3) is 0 Å². The van der Waals surface area contributed by atoms with Crippen LogP contribution in [0.3, 0.4) is 0 Å². The van der Waals surface area contributed by atoms with Crippen molar-refractivity contribution < 1.29 is 18.0 Å². The Morgan fingerprint density at radius 2 is 1.75 bits per heavy atom. The summed E-state index contributed by atoms with van der Waals surface area (Å²) in [6.07, 6.45) is 0.619. The van der Waals surface area contributed by atoms with Crippen molar-refractivity contribution in [3.8, 4) is 0 Å². The summed E-state index contributed by atoms with van der Waals surface area (Å²) in [5.41, 5.74) is -0.969. The Hall–Kier alpha value is -1.79. The quantitative estimate of drug-likeness (QED) is 0.828. The lowest BCUT2D eigenvalue weighted by atomic mass is 9.87. The van der Waals surface area contributed by atoms with E-state index in [-0.39, 0.29) is 11.3 Å². The van der Waals surface area contributed by atoms with Crippen molar-refractivity contribution in [1.82, 2.24) is 9.88 Å². The fourth-order valence-electron chi connectivity index (χ4n) is 3.63. The predicted octanol–water partition coefficient (Wildman–Crippen LogP) is 3.33. The van der Waals surface area contributed by atoms with Crippen LogP contribution in [0.1, 0.15) is 38.2 Å². The highest BCUT2D eigenvalue weighted by atomic mass is 19.4. The lowest BCUT2D eigenvalue weighted by molar-refractivity contribution is -0.141. The molecule has 0 radical (unpaired) electrons. The molecule has 7 heteroatoms. The largest absolute Gasteiger partial charge is 0.417 e. The Morgan fingerprint density at radius 3 is 2.25 bits per heavy atom. The molecule has 0 bridgehead atoms. The molecule has 0 spiro atoms. The lowest BCUT2D eigenvalue weighted by Gasteiger charge is -2.39. The molecule has 1 aromatic rings. The molecule has 1 aromatic heterocycles. The third-order valence-electron chi connectivity index (χ3n) is 5.19. The molecule has 1 aliphatic carbocycles. The molecular weight excluding hydrogens is 319 g/mol. The van der Waals surface area contributed by atoms with E-state index in [0.29, 0.717) is 32.0 Å². The van der Waals surface area contributed by atoms with Crippen molar-refractivity contribution in [2.24, 2.45) is 5.41 Å². The van der Waals surface area contributed by atoms with Gasteiger partial charge < -0.3 is 9.80 Å². The van der Waals surface area contributed by atoms with Crippen molar-refractivity contribution in [1.29, 1.82) is 0 Å². The molecule has 3 rings (SSSR count). The second-order valence-corrected chi connectivity index (χ2v) is 6.95. The maximum Gasteiger partial charge on any atom is 0.417 e. The van der Waals surface area contributed by atoms with E-state index in [2.05, 4.69) is 4.98 Å². The molecule has 1 saturated carbocycles. The first-order chi connectivity index (χ1) is 11.3. The Labute approximate surface area is 139 Å². The van der Waals surface area contributed by atoms with Crippen LogP contribution in [0, 0.1) is 5.41 Å². The van der Waals surface area contributed by atoms with E-state index >= 15 is 0 Å². The molecule has 4 nitrogen and oxygen atoms in total. The minimum Gasteiger partial charge on any atom is -0.353 e. The van der Waals surface area contributed by atoms with Gasteiger partial charge in [-0.05, 0) is 25.0 Å². The molecule has 1 aliphatic heterocycles. The number of hydrogen-bond donors (Lipinski definition) is 0. The van der Waals surface area contributed by atoms with E-state index in [0.717, 1.165) is 37.9 Å². The minimum absolute atomic E-state index is 0.222. The van der Waals surface area contributed by atoms with Crippen LogP contribution < -0.4 is 4.90 Å². The summed E-state index contributed by atoms with van der Waals surface area (Å²) in [6.45, 7) is 4.43. The van der Waals surface area contributed by atoms with Crippen LogP contribution in [0.5, 0.6) is 0 Å². The molecule has 24 heavy (non-hydrogen) atoms. The number of carbonyl (C=O) groups is 1. The number of aromatic nitrogens is 1. The molecule has 1 saturated heterocycles. The van der Waals surface area contributed by atoms with Crippen LogP contribution >= 0.6 is 0 Å². The van der Waals surface area contributed by atoms with Gasteiger partial charge in [0.05, 0.1) is 5.56 Å². The van der Waals surface area contributed by atoms with Gasteiger partial charge in [0.2, 0.25) is 5.91 Å². The predicted molar refractivity (Wildman–Crippen MR) is 84.6 cm³/mol. The standard InChI is InChI=1S/C17H22F3N3O/c1-16(6-2-3-7-16)15(24)23-10-8-22(9-11-23)14-5-4-13(12-21-14)17(18,19)20/h4-5,12H,2-3,6-11H2,1H3. The van der Waals surface area contributed by atoms with Gasteiger partial charge in [0.15, 0.2) is 0 Å². The summed E-state index contributed by atoms with van der Waals surface area (Å²) >= 11 is 0. The first kappa shape index (κ1) is 17.0. The zero-order valence-electron chi connectivity index (χ0n) is 13.8. The molecule has 132 valence electrons. The normalized spacial score (nSPS) is 21.2. The highest BCUT2D eigenvalue weighted by Crippen LogP contribution is 2.39. The molecule has 0 unspecified atom stereocenters. The van der Waals surface area contributed by atoms with Gasteiger partial charge in [-0.15, -0.1) is 0 Å².